The van der Waals surface area contributed by atoms with Crippen molar-refractivity contribution in [2.45, 2.75) is 110 Å². The highest BCUT2D eigenvalue weighted by Gasteiger charge is 2.50. The first-order valence-electron chi connectivity index (χ1n) is 12.0. The molecule has 3 N–H and O–H groups in total. The number of ketones is 1. The Morgan fingerprint density at radius 3 is 2.67 bits per heavy atom. The lowest BCUT2D eigenvalue weighted by molar-refractivity contribution is -0.127. The number of Topliss-reactive ketones (excluding diaryl/α,β-unsaturated/α-hetero) is 1. The average molecular weight is 419 g/mol. The van der Waals surface area contributed by atoms with E-state index in [-0.39, 0.29) is 12.2 Å². The molecule has 3 fully saturated rings. The Bertz CT molecular complexity index is 686. The number of carbonyl (C=O) groups is 1. The Morgan fingerprint density at radius 1 is 1.23 bits per heavy atom. The molecule has 4 heteroatoms. The minimum absolute atomic E-state index is 0.153. The summed E-state index contributed by atoms with van der Waals surface area (Å²) >= 11 is 0. The molecule has 0 aromatic heterocycles. The number of aliphatic hydroxyl groups is 3. The van der Waals surface area contributed by atoms with E-state index in [1.165, 1.54) is 37.7 Å². The van der Waals surface area contributed by atoms with Crippen molar-refractivity contribution in [2.75, 3.05) is 0 Å². The zero-order chi connectivity index (χ0) is 22.1. The molecule has 30 heavy (non-hydrogen) atoms. The number of aliphatic hydroxyl groups excluding tert-OH is 2. The summed E-state index contributed by atoms with van der Waals surface area (Å²) in [6.07, 6.45) is 12.0. The number of carbonyl (C=O) groups excluding carboxylic acids is 1. The van der Waals surface area contributed by atoms with E-state index >= 15 is 0 Å². The monoisotopic (exact) mass is 418 g/mol. The lowest BCUT2D eigenvalue weighted by atomic mass is 9.60. The van der Waals surface area contributed by atoms with E-state index in [1.54, 1.807) is 0 Å². The number of allylic oxidation sites excluding steroid dienone is 3. The number of hydrogen-bond acceptors (Lipinski definition) is 4. The predicted molar refractivity (Wildman–Crippen MR) is 120 cm³/mol. The highest BCUT2D eigenvalue weighted by Crippen LogP contribution is 2.59. The molecule has 0 aromatic rings. The molecule has 0 aromatic carbocycles. The smallest absolute Gasteiger partial charge is 0.187 e. The van der Waals surface area contributed by atoms with Gasteiger partial charge in [-0.25, -0.2) is 0 Å². The number of fused-ring (bicyclic) bond motifs is 1. The van der Waals surface area contributed by atoms with Gasteiger partial charge in [-0.05, 0) is 75.5 Å². The lowest BCUT2D eigenvalue weighted by Gasteiger charge is -2.44. The van der Waals surface area contributed by atoms with Gasteiger partial charge in [-0.3, -0.25) is 4.79 Å². The standard InChI is InChI=1S/C26H42O4/c1-17(7-5-13-25(2,3)30)21-11-12-22-18(8-6-14-26(21,22)4)9-10-19-15-20(27)16-23(28)24(19)29/h9-10,17,20-23,27-28,30H,5-8,11-16H2,1-4H3/b18-9-,19-10+/t17-,20-,21?,22?,23+,26-/m1/s1. The molecule has 4 nitrogen and oxygen atoms in total. The summed E-state index contributed by atoms with van der Waals surface area (Å²) in [6, 6.07) is 0. The van der Waals surface area contributed by atoms with Gasteiger partial charge in [0.1, 0.15) is 6.10 Å². The maximum Gasteiger partial charge on any atom is 0.187 e. The topological polar surface area (TPSA) is 77.8 Å². The fraction of sp³-hybridized carbons (Fsp3) is 0.808. The maximum absolute atomic E-state index is 12.3. The molecular formula is C26H42O4. The first-order chi connectivity index (χ1) is 14.0. The summed E-state index contributed by atoms with van der Waals surface area (Å²) in [7, 11) is 0. The molecule has 3 aliphatic rings. The van der Waals surface area contributed by atoms with Gasteiger partial charge in [-0.1, -0.05) is 44.4 Å². The SMILES string of the molecule is C[C@H](CCCC(C)(C)O)C1CCC2/C(=C\C=C3/C[C@@H](O)C[C@H](O)C3=O)CCC[C@@]21C. The van der Waals surface area contributed by atoms with E-state index in [2.05, 4.69) is 19.9 Å². The van der Waals surface area contributed by atoms with Gasteiger partial charge in [-0.15, -0.1) is 0 Å². The van der Waals surface area contributed by atoms with Gasteiger partial charge in [0.25, 0.3) is 0 Å². The van der Waals surface area contributed by atoms with Crippen LogP contribution in [0, 0.1) is 23.2 Å². The molecule has 3 aliphatic carbocycles. The summed E-state index contributed by atoms with van der Waals surface area (Å²) in [5, 5.41) is 29.8. The molecule has 2 unspecified atom stereocenters. The summed E-state index contributed by atoms with van der Waals surface area (Å²) < 4.78 is 0. The minimum atomic E-state index is -1.06. The number of hydrogen-bond donors (Lipinski definition) is 3. The quantitative estimate of drug-likeness (QED) is 0.546. The van der Waals surface area contributed by atoms with E-state index in [0.717, 1.165) is 19.3 Å². The second-order valence-corrected chi connectivity index (χ2v) is 11.2. The molecule has 6 atom stereocenters. The predicted octanol–water partition coefficient (Wildman–Crippen LogP) is 4.72. The van der Waals surface area contributed by atoms with Crippen molar-refractivity contribution in [3.63, 3.8) is 0 Å². The maximum atomic E-state index is 12.3. The van der Waals surface area contributed by atoms with Crippen LogP contribution < -0.4 is 0 Å². The summed E-state index contributed by atoms with van der Waals surface area (Å²) in [5.41, 5.74) is 1.75. The Morgan fingerprint density at radius 2 is 1.97 bits per heavy atom. The highest BCUT2D eigenvalue weighted by molar-refractivity contribution is 5.99. The van der Waals surface area contributed by atoms with Crippen LogP contribution in [0.3, 0.4) is 0 Å². The fourth-order valence-electron chi connectivity index (χ4n) is 6.65. The Hall–Kier alpha value is -0.970. The fourth-order valence-corrected chi connectivity index (χ4v) is 6.65. The largest absolute Gasteiger partial charge is 0.393 e. The van der Waals surface area contributed by atoms with E-state index in [4.69, 9.17) is 0 Å². The average Bonchev–Trinajstić information content (AvgIpc) is 3.00. The van der Waals surface area contributed by atoms with E-state index in [0.29, 0.717) is 35.2 Å². The van der Waals surface area contributed by atoms with E-state index in [1.807, 2.05) is 19.9 Å². The van der Waals surface area contributed by atoms with Crippen LogP contribution >= 0.6 is 0 Å². The van der Waals surface area contributed by atoms with Gasteiger partial charge in [0.15, 0.2) is 5.78 Å². The van der Waals surface area contributed by atoms with Gasteiger partial charge < -0.3 is 15.3 Å². The van der Waals surface area contributed by atoms with Crippen LogP contribution in [0.15, 0.2) is 23.3 Å². The Balaban J connectivity index is 1.70. The summed E-state index contributed by atoms with van der Waals surface area (Å²) in [6.45, 7) is 8.66. The third-order valence-corrected chi connectivity index (χ3v) is 8.24. The molecule has 3 rings (SSSR count). The van der Waals surface area contributed by atoms with Crippen LogP contribution in [-0.4, -0.2) is 38.9 Å². The summed E-state index contributed by atoms with van der Waals surface area (Å²) in [5.74, 6) is 1.71. The second kappa shape index (κ2) is 9.26. The van der Waals surface area contributed by atoms with E-state index in [9.17, 15) is 20.1 Å². The van der Waals surface area contributed by atoms with Crippen molar-refractivity contribution >= 4 is 5.78 Å². The highest BCUT2D eigenvalue weighted by atomic mass is 16.3. The van der Waals surface area contributed by atoms with Crippen LogP contribution in [0.25, 0.3) is 0 Å². The van der Waals surface area contributed by atoms with Crippen molar-refractivity contribution in [1.29, 1.82) is 0 Å². The second-order valence-electron chi connectivity index (χ2n) is 11.2. The third-order valence-electron chi connectivity index (χ3n) is 8.24. The van der Waals surface area contributed by atoms with Crippen molar-refractivity contribution in [3.05, 3.63) is 23.3 Å². The molecule has 0 saturated heterocycles. The van der Waals surface area contributed by atoms with Crippen LogP contribution in [0.4, 0.5) is 0 Å². The van der Waals surface area contributed by atoms with Crippen molar-refractivity contribution < 1.29 is 20.1 Å². The Labute approximate surface area is 182 Å². The van der Waals surface area contributed by atoms with Crippen molar-refractivity contribution in [3.8, 4) is 0 Å². The molecular weight excluding hydrogens is 376 g/mol. The van der Waals surface area contributed by atoms with Crippen molar-refractivity contribution in [1.82, 2.24) is 0 Å². The zero-order valence-electron chi connectivity index (χ0n) is 19.4. The number of rotatable bonds is 6. The van der Waals surface area contributed by atoms with Gasteiger partial charge in [0.05, 0.1) is 11.7 Å². The molecule has 3 saturated carbocycles. The minimum Gasteiger partial charge on any atom is -0.393 e. The van der Waals surface area contributed by atoms with Crippen LogP contribution in [-0.2, 0) is 4.79 Å². The normalized spacial score (nSPS) is 38.8. The molecule has 0 heterocycles. The molecule has 0 aliphatic heterocycles. The van der Waals surface area contributed by atoms with Crippen LogP contribution in [0.2, 0.25) is 0 Å². The summed E-state index contributed by atoms with van der Waals surface area (Å²) in [4.78, 5) is 12.3. The van der Waals surface area contributed by atoms with Crippen molar-refractivity contribution in [2.24, 2.45) is 23.2 Å². The Kier molecular flexibility index (Phi) is 7.31. The molecule has 0 bridgehead atoms. The molecule has 170 valence electrons. The molecule has 0 spiro atoms. The van der Waals surface area contributed by atoms with E-state index < -0.39 is 17.8 Å². The zero-order valence-corrected chi connectivity index (χ0v) is 19.4. The first-order valence-corrected chi connectivity index (χ1v) is 12.0. The molecule has 0 amide bonds. The van der Waals surface area contributed by atoms with Gasteiger partial charge in [0, 0.05) is 18.4 Å². The van der Waals surface area contributed by atoms with Crippen LogP contribution in [0.1, 0.15) is 91.9 Å². The molecule has 0 radical (unpaired) electrons. The van der Waals surface area contributed by atoms with Crippen LogP contribution in [0.5, 0.6) is 0 Å². The van der Waals surface area contributed by atoms with Gasteiger partial charge in [-0.2, -0.15) is 0 Å². The van der Waals surface area contributed by atoms with Gasteiger partial charge >= 0.3 is 0 Å². The van der Waals surface area contributed by atoms with Gasteiger partial charge in [0.2, 0.25) is 0 Å². The third kappa shape index (κ3) is 5.26. The lowest BCUT2D eigenvalue weighted by Crippen LogP contribution is -2.36. The first kappa shape index (κ1) is 23.7.